The van der Waals surface area contributed by atoms with Crippen LogP contribution < -0.4 is 5.32 Å². The van der Waals surface area contributed by atoms with Crippen molar-refractivity contribution in [3.05, 3.63) is 30.1 Å². The van der Waals surface area contributed by atoms with Crippen molar-refractivity contribution in [1.29, 1.82) is 0 Å². The minimum atomic E-state index is -0.855. The van der Waals surface area contributed by atoms with Crippen molar-refractivity contribution in [1.82, 2.24) is 20.2 Å². The Balaban J connectivity index is 1.68. The molecule has 1 aromatic heterocycles. The van der Waals surface area contributed by atoms with Crippen LogP contribution in [0.15, 0.2) is 24.3 Å². The predicted molar refractivity (Wildman–Crippen MR) is 85.2 cm³/mol. The first-order valence-corrected chi connectivity index (χ1v) is 7.93. The third kappa shape index (κ3) is 3.73. The number of amides is 1. The number of nitrogens with one attached hydrogen (secondary N) is 1. The Kier molecular flexibility index (Phi) is 4.38. The van der Waals surface area contributed by atoms with Gasteiger partial charge < -0.3 is 10.4 Å². The van der Waals surface area contributed by atoms with Gasteiger partial charge in [0.2, 0.25) is 5.91 Å². The Labute approximate surface area is 134 Å². The van der Waals surface area contributed by atoms with Crippen molar-refractivity contribution in [2.75, 3.05) is 5.32 Å². The molecule has 1 aliphatic carbocycles. The van der Waals surface area contributed by atoms with Crippen LogP contribution in [0.25, 0.3) is 5.69 Å². The summed E-state index contributed by atoms with van der Waals surface area (Å²) >= 11 is 0. The number of rotatable bonds is 4. The number of tetrazole rings is 1. The highest BCUT2D eigenvalue weighted by Crippen LogP contribution is 2.31. The molecule has 0 saturated heterocycles. The molecule has 23 heavy (non-hydrogen) atoms. The van der Waals surface area contributed by atoms with Crippen LogP contribution in [0.4, 0.5) is 5.69 Å². The number of carbonyl (C=O) groups is 1. The fourth-order valence-electron chi connectivity index (χ4n) is 3.08. The molecule has 0 bridgehead atoms. The molecule has 1 fully saturated rings. The van der Waals surface area contributed by atoms with Crippen molar-refractivity contribution in [3.8, 4) is 5.69 Å². The van der Waals surface area contributed by atoms with E-state index in [-0.39, 0.29) is 12.3 Å². The van der Waals surface area contributed by atoms with E-state index >= 15 is 0 Å². The number of hydrogen-bond donors (Lipinski definition) is 2. The standard InChI is InChI=1S/C16H21N5O2/c1-12-18-19-20-21(12)14-7-5-6-13(10-14)17-15(22)11-16(23)8-3-2-4-9-16/h5-7,10,23H,2-4,8-9,11H2,1H3,(H,17,22). The lowest BCUT2D eigenvalue weighted by atomic mass is 9.82. The van der Waals surface area contributed by atoms with Gasteiger partial charge in [0.15, 0.2) is 5.82 Å². The fourth-order valence-corrected chi connectivity index (χ4v) is 3.08. The van der Waals surface area contributed by atoms with Gasteiger partial charge in [-0.05, 0) is 48.4 Å². The Morgan fingerprint density at radius 2 is 2.13 bits per heavy atom. The van der Waals surface area contributed by atoms with Crippen LogP contribution in [0.5, 0.6) is 0 Å². The van der Waals surface area contributed by atoms with E-state index in [1.807, 2.05) is 31.2 Å². The number of aliphatic hydroxyl groups is 1. The summed E-state index contributed by atoms with van der Waals surface area (Å²) in [4.78, 5) is 12.2. The van der Waals surface area contributed by atoms with Crippen LogP contribution in [-0.4, -0.2) is 36.8 Å². The van der Waals surface area contributed by atoms with Crippen LogP contribution in [0, 0.1) is 6.92 Å². The molecule has 1 aliphatic rings. The lowest BCUT2D eigenvalue weighted by molar-refractivity contribution is -0.122. The van der Waals surface area contributed by atoms with E-state index in [9.17, 15) is 9.90 Å². The molecule has 3 rings (SSSR count). The van der Waals surface area contributed by atoms with E-state index < -0.39 is 5.60 Å². The lowest BCUT2D eigenvalue weighted by Gasteiger charge is -2.31. The van der Waals surface area contributed by atoms with Gasteiger partial charge in [0, 0.05) is 5.69 Å². The van der Waals surface area contributed by atoms with Crippen LogP contribution in [0.1, 0.15) is 44.3 Å². The molecular weight excluding hydrogens is 294 g/mol. The summed E-state index contributed by atoms with van der Waals surface area (Å²) in [6.45, 7) is 1.81. The number of anilines is 1. The molecule has 0 radical (unpaired) electrons. The van der Waals surface area contributed by atoms with Gasteiger partial charge in [-0.2, -0.15) is 4.68 Å². The second-order valence-corrected chi connectivity index (χ2v) is 6.20. The third-order valence-electron chi connectivity index (χ3n) is 4.27. The molecule has 1 heterocycles. The number of hydrogen-bond acceptors (Lipinski definition) is 5. The van der Waals surface area contributed by atoms with E-state index in [4.69, 9.17) is 0 Å². The normalized spacial score (nSPS) is 17.0. The molecule has 1 saturated carbocycles. The SMILES string of the molecule is Cc1nnnn1-c1cccc(NC(=O)CC2(O)CCCCC2)c1. The van der Waals surface area contributed by atoms with Gasteiger partial charge in [0.25, 0.3) is 0 Å². The summed E-state index contributed by atoms with van der Waals surface area (Å²) in [6.07, 6.45) is 4.64. The fraction of sp³-hybridized carbons (Fsp3) is 0.500. The topological polar surface area (TPSA) is 92.9 Å². The summed E-state index contributed by atoms with van der Waals surface area (Å²) in [7, 11) is 0. The lowest BCUT2D eigenvalue weighted by Crippen LogP contribution is -2.35. The monoisotopic (exact) mass is 315 g/mol. The van der Waals surface area contributed by atoms with Crippen LogP contribution >= 0.6 is 0 Å². The average Bonchev–Trinajstić information content (AvgIpc) is 2.93. The van der Waals surface area contributed by atoms with Crippen molar-refractivity contribution < 1.29 is 9.90 Å². The number of carbonyl (C=O) groups excluding carboxylic acids is 1. The van der Waals surface area contributed by atoms with Gasteiger partial charge in [-0.25, -0.2) is 0 Å². The molecule has 0 aliphatic heterocycles. The zero-order valence-electron chi connectivity index (χ0n) is 13.2. The molecule has 7 heteroatoms. The Morgan fingerprint density at radius 1 is 1.35 bits per heavy atom. The highest BCUT2D eigenvalue weighted by atomic mass is 16.3. The van der Waals surface area contributed by atoms with Gasteiger partial charge >= 0.3 is 0 Å². The minimum absolute atomic E-state index is 0.140. The van der Waals surface area contributed by atoms with E-state index in [1.54, 1.807) is 4.68 Å². The maximum absolute atomic E-state index is 12.2. The first-order chi connectivity index (χ1) is 11.1. The van der Waals surface area contributed by atoms with Crippen LogP contribution in [0.2, 0.25) is 0 Å². The maximum atomic E-state index is 12.2. The van der Waals surface area contributed by atoms with Crippen molar-refractivity contribution >= 4 is 11.6 Å². The van der Waals surface area contributed by atoms with Gasteiger partial charge in [-0.3, -0.25) is 4.79 Å². The zero-order chi connectivity index (χ0) is 16.3. The van der Waals surface area contributed by atoms with Crippen molar-refractivity contribution in [2.24, 2.45) is 0 Å². The molecule has 0 spiro atoms. The molecule has 1 amide bonds. The van der Waals surface area contributed by atoms with Gasteiger partial charge in [-0.15, -0.1) is 5.10 Å². The Bertz CT molecular complexity index is 691. The van der Waals surface area contributed by atoms with Gasteiger partial charge in [0.05, 0.1) is 17.7 Å². The first kappa shape index (κ1) is 15.6. The number of benzene rings is 1. The smallest absolute Gasteiger partial charge is 0.227 e. The highest BCUT2D eigenvalue weighted by molar-refractivity contribution is 5.91. The molecule has 2 N–H and O–H groups in total. The van der Waals surface area contributed by atoms with Gasteiger partial charge in [-0.1, -0.05) is 25.3 Å². The molecule has 1 aromatic carbocycles. The molecule has 0 atom stereocenters. The molecule has 122 valence electrons. The van der Waals surface area contributed by atoms with E-state index in [0.717, 1.165) is 24.9 Å². The Hall–Kier alpha value is -2.28. The summed E-state index contributed by atoms with van der Waals surface area (Å²) in [6, 6.07) is 7.33. The van der Waals surface area contributed by atoms with Gasteiger partial charge in [0.1, 0.15) is 0 Å². The van der Waals surface area contributed by atoms with E-state index in [2.05, 4.69) is 20.8 Å². The highest BCUT2D eigenvalue weighted by Gasteiger charge is 2.31. The van der Waals surface area contributed by atoms with Crippen LogP contribution in [-0.2, 0) is 4.79 Å². The summed E-state index contributed by atoms with van der Waals surface area (Å²) in [5.74, 6) is 0.505. The number of aromatic nitrogens is 4. The molecular formula is C16H21N5O2. The summed E-state index contributed by atoms with van der Waals surface area (Å²) < 4.78 is 1.60. The van der Waals surface area contributed by atoms with E-state index in [1.165, 1.54) is 0 Å². The molecule has 7 nitrogen and oxygen atoms in total. The summed E-state index contributed by atoms with van der Waals surface area (Å²) in [5.41, 5.74) is 0.593. The van der Waals surface area contributed by atoms with Crippen molar-refractivity contribution in [3.63, 3.8) is 0 Å². The minimum Gasteiger partial charge on any atom is -0.389 e. The predicted octanol–water partition coefficient (Wildman–Crippen LogP) is 1.99. The second-order valence-electron chi connectivity index (χ2n) is 6.20. The third-order valence-corrected chi connectivity index (χ3v) is 4.27. The molecule has 2 aromatic rings. The first-order valence-electron chi connectivity index (χ1n) is 7.93. The number of aryl methyl sites for hydroxylation is 1. The largest absolute Gasteiger partial charge is 0.389 e. The second kappa shape index (κ2) is 6.45. The van der Waals surface area contributed by atoms with Crippen LogP contribution in [0.3, 0.4) is 0 Å². The Morgan fingerprint density at radius 3 is 2.83 bits per heavy atom. The van der Waals surface area contributed by atoms with E-state index in [0.29, 0.717) is 24.4 Å². The number of nitrogens with zero attached hydrogens (tertiary/aromatic N) is 4. The molecule has 0 unspecified atom stereocenters. The quantitative estimate of drug-likeness (QED) is 0.900. The zero-order valence-corrected chi connectivity index (χ0v) is 13.2. The average molecular weight is 315 g/mol. The summed E-state index contributed by atoms with van der Waals surface area (Å²) in [5, 5.41) is 24.7. The van der Waals surface area contributed by atoms with Crippen molar-refractivity contribution in [2.45, 2.75) is 51.0 Å². The maximum Gasteiger partial charge on any atom is 0.227 e.